The predicted octanol–water partition coefficient (Wildman–Crippen LogP) is 5.87. The average molecular weight is 466 g/mol. The summed E-state index contributed by atoms with van der Waals surface area (Å²) in [5.41, 5.74) is 6.15. The first-order chi connectivity index (χ1) is 16.4. The summed E-state index contributed by atoms with van der Waals surface area (Å²) in [5, 5.41) is 13.4. The molecule has 1 aromatic carbocycles. The Morgan fingerprint density at radius 1 is 1.09 bits per heavy atom. The SMILES string of the molecule is CC/C(C)=C(/N=C1/CCC/C1=C(/C)Nc1ccc(C2(C(=O)O)CCCC2)cc1)N1CCOCC1. The van der Waals surface area contributed by atoms with Gasteiger partial charge in [0.1, 0.15) is 5.82 Å². The van der Waals surface area contributed by atoms with Gasteiger partial charge in [0.05, 0.1) is 18.6 Å². The van der Waals surface area contributed by atoms with Crippen molar-refractivity contribution in [2.45, 2.75) is 77.6 Å². The van der Waals surface area contributed by atoms with Gasteiger partial charge in [0.25, 0.3) is 0 Å². The monoisotopic (exact) mass is 465 g/mol. The number of anilines is 1. The molecule has 2 N–H and O–H groups in total. The van der Waals surface area contributed by atoms with E-state index in [2.05, 4.69) is 31.0 Å². The fraction of sp³-hybridized carbons (Fsp3) is 0.571. The fourth-order valence-corrected chi connectivity index (χ4v) is 5.52. The molecule has 0 unspecified atom stereocenters. The molecule has 0 bridgehead atoms. The van der Waals surface area contributed by atoms with Gasteiger partial charge in [-0.05, 0) is 81.2 Å². The number of aliphatic carboxylic acids is 1. The normalized spacial score (nSPS) is 23.7. The Labute approximate surface area is 203 Å². The van der Waals surface area contributed by atoms with Gasteiger partial charge in [0.15, 0.2) is 0 Å². The second-order valence-corrected chi connectivity index (χ2v) is 9.87. The minimum Gasteiger partial charge on any atom is -0.481 e. The van der Waals surface area contributed by atoms with Crippen LogP contribution in [0.25, 0.3) is 0 Å². The number of ether oxygens (including phenoxy) is 1. The number of rotatable bonds is 7. The van der Waals surface area contributed by atoms with Crippen molar-refractivity contribution in [3.8, 4) is 0 Å². The molecule has 6 nitrogen and oxygen atoms in total. The number of morpholine rings is 1. The molecule has 34 heavy (non-hydrogen) atoms. The number of hydrogen-bond acceptors (Lipinski definition) is 5. The number of carbonyl (C=O) groups is 1. The maximum absolute atomic E-state index is 12.0. The van der Waals surface area contributed by atoms with Crippen molar-refractivity contribution < 1.29 is 14.6 Å². The lowest BCUT2D eigenvalue weighted by Gasteiger charge is -2.30. The van der Waals surface area contributed by atoms with Crippen molar-refractivity contribution in [1.29, 1.82) is 0 Å². The van der Waals surface area contributed by atoms with Crippen molar-refractivity contribution in [1.82, 2.24) is 4.90 Å². The average Bonchev–Trinajstić information content (AvgIpc) is 3.54. The summed E-state index contributed by atoms with van der Waals surface area (Å²) in [4.78, 5) is 19.6. The number of aliphatic imine (C=N–C) groups is 1. The fourth-order valence-electron chi connectivity index (χ4n) is 5.52. The number of carboxylic acid groups (broad SMARTS) is 1. The topological polar surface area (TPSA) is 74.2 Å². The van der Waals surface area contributed by atoms with Crippen LogP contribution in [-0.4, -0.2) is 48.0 Å². The highest BCUT2D eigenvalue weighted by Gasteiger charge is 2.42. The lowest BCUT2D eigenvalue weighted by molar-refractivity contribution is -0.143. The lowest BCUT2D eigenvalue weighted by atomic mass is 9.79. The van der Waals surface area contributed by atoms with Crippen molar-refractivity contribution in [3.63, 3.8) is 0 Å². The lowest BCUT2D eigenvalue weighted by Crippen LogP contribution is -2.36. The van der Waals surface area contributed by atoms with Crippen LogP contribution in [0.2, 0.25) is 0 Å². The van der Waals surface area contributed by atoms with E-state index in [9.17, 15) is 9.90 Å². The Kier molecular flexibility index (Phi) is 7.77. The van der Waals surface area contributed by atoms with E-state index in [-0.39, 0.29) is 0 Å². The van der Waals surface area contributed by atoms with Gasteiger partial charge in [-0.1, -0.05) is 31.9 Å². The first-order valence-electron chi connectivity index (χ1n) is 12.9. The second-order valence-electron chi connectivity index (χ2n) is 9.87. The van der Waals surface area contributed by atoms with Crippen LogP contribution in [0.4, 0.5) is 5.69 Å². The van der Waals surface area contributed by atoms with Gasteiger partial charge in [-0.2, -0.15) is 0 Å². The summed E-state index contributed by atoms with van der Waals surface area (Å²) in [6, 6.07) is 8.03. The summed E-state index contributed by atoms with van der Waals surface area (Å²) in [5.74, 6) is 0.426. The van der Waals surface area contributed by atoms with Crippen LogP contribution in [0.1, 0.15) is 77.7 Å². The quantitative estimate of drug-likeness (QED) is 0.527. The molecule has 3 fully saturated rings. The van der Waals surface area contributed by atoms with E-state index in [1.807, 2.05) is 24.3 Å². The Hall–Kier alpha value is -2.60. The zero-order chi connectivity index (χ0) is 24.1. The van der Waals surface area contributed by atoms with Gasteiger partial charge < -0.3 is 20.1 Å². The first-order valence-corrected chi connectivity index (χ1v) is 12.9. The smallest absolute Gasteiger partial charge is 0.314 e. The molecule has 0 spiro atoms. The van der Waals surface area contributed by atoms with E-state index < -0.39 is 11.4 Å². The standard InChI is InChI=1S/C28H39N3O3/c1-4-20(2)26(31-16-18-34-19-17-31)30-25-9-7-8-24(25)21(3)29-23-12-10-22(11-13-23)28(27(32)33)14-5-6-15-28/h10-13,29H,4-9,14-19H2,1-3H3,(H,32,33)/b24-21+,26-20-,30-25-. The van der Waals surface area contributed by atoms with Gasteiger partial charge in [0, 0.05) is 30.2 Å². The van der Waals surface area contributed by atoms with Crippen LogP contribution in [-0.2, 0) is 14.9 Å². The summed E-state index contributed by atoms with van der Waals surface area (Å²) in [7, 11) is 0. The number of carboxylic acids is 1. The van der Waals surface area contributed by atoms with Crippen molar-refractivity contribution in [3.05, 3.63) is 52.5 Å². The molecule has 2 aliphatic carbocycles. The molecule has 0 atom stereocenters. The molecule has 6 heteroatoms. The zero-order valence-electron chi connectivity index (χ0n) is 21.0. The number of allylic oxidation sites excluding steroid dienone is 3. The Balaban J connectivity index is 1.55. The molecular formula is C28H39N3O3. The first kappa shape index (κ1) is 24.5. The van der Waals surface area contributed by atoms with Crippen LogP contribution in [0.5, 0.6) is 0 Å². The molecule has 0 radical (unpaired) electrons. The molecule has 1 aromatic rings. The summed E-state index contributed by atoms with van der Waals surface area (Å²) in [6.45, 7) is 9.81. The molecule has 2 saturated carbocycles. The Morgan fingerprint density at radius 2 is 1.76 bits per heavy atom. The van der Waals surface area contributed by atoms with Crippen LogP contribution in [0.15, 0.2) is 51.9 Å². The third-order valence-electron chi connectivity index (χ3n) is 7.74. The maximum atomic E-state index is 12.0. The van der Waals surface area contributed by atoms with Crippen LogP contribution >= 0.6 is 0 Å². The highest BCUT2D eigenvalue weighted by atomic mass is 16.5. The summed E-state index contributed by atoms with van der Waals surface area (Å²) >= 11 is 0. The molecule has 0 aromatic heterocycles. The van der Waals surface area contributed by atoms with E-state index >= 15 is 0 Å². The zero-order valence-corrected chi connectivity index (χ0v) is 21.0. The third kappa shape index (κ3) is 5.07. The van der Waals surface area contributed by atoms with Gasteiger partial charge >= 0.3 is 5.97 Å². The molecule has 4 rings (SSSR count). The van der Waals surface area contributed by atoms with E-state index in [4.69, 9.17) is 9.73 Å². The highest BCUT2D eigenvalue weighted by Crippen LogP contribution is 2.41. The van der Waals surface area contributed by atoms with Crippen LogP contribution in [0.3, 0.4) is 0 Å². The van der Waals surface area contributed by atoms with E-state index in [0.717, 1.165) is 100 Å². The van der Waals surface area contributed by atoms with Gasteiger partial charge in [0.2, 0.25) is 0 Å². The summed E-state index contributed by atoms with van der Waals surface area (Å²) in [6.07, 6.45) is 7.57. The number of nitrogens with one attached hydrogen (secondary N) is 1. The van der Waals surface area contributed by atoms with Crippen molar-refractivity contribution >= 4 is 17.4 Å². The minimum atomic E-state index is -0.712. The molecule has 1 aliphatic heterocycles. The van der Waals surface area contributed by atoms with Crippen molar-refractivity contribution in [2.24, 2.45) is 4.99 Å². The van der Waals surface area contributed by atoms with Gasteiger partial charge in [-0.25, -0.2) is 4.99 Å². The van der Waals surface area contributed by atoms with E-state index in [1.54, 1.807) is 0 Å². The highest BCUT2D eigenvalue weighted by molar-refractivity contribution is 6.03. The molecule has 3 aliphatic rings. The number of nitrogens with zero attached hydrogens (tertiary/aromatic N) is 2. The van der Waals surface area contributed by atoms with Crippen molar-refractivity contribution in [2.75, 3.05) is 31.6 Å². The largest absolute Gasteiger partial charge is 0.481 e. The van der Waals surface area contributed by atoms with E-state index in [1.165, 1.54) is 16.9 Å². The molecular weight excluding hydrogens is 426 g/mol. The van der Waals surface area contributed by atoms with Gasteiger partial charge in [-0.15, -0.1) is 0 Å². The van der Waals surface area contributed by atoms with Crippen LogP contribution in [0, 0.1) is 0 Å². The minimum absolute atomic E-state index is 0.692. The van der Waals surface area contributed by atoms with Crippen LogP contribution < -0.4 is 5.32 Å². The second kappa shape index (κ2) is 10.8. The molecule has 1 saturated heterocycles. The molecule has 0 amide bonds. The molecule has 1 heterocycles. The molecule has 184 valence electrons. The summed E-state index contributed by atoms with van der Waals surface area (Å²) < 4.78 is 5.55. The third-order valence-corrected chi connectivity index (χ3v) is 7.74. The predicted molar refractivity (Wildman–Crippen MR) is 137 cm³/mol. The Morgan fingerprint density at radius 3 is 2.38 bits per heavy atom. The Bertz CT molecular complexity index is 979. The van der Waals surface area contributed by atoms with E-state index in [0.29, 0.717) is 0 Å². The number of benzene rings is 1. The maximum Gasteiger partial charge on any atom is 0.314 e. The number of hydrogen-bond donors (Lipinski definition) is 2. The van der Waals surface area contributed by atoms with Gasteiger partial charge in [-0.3, -0.25) is 4.79 Å².